The number of aromatic nitrogens is 2. The zero-order valence-electron chi connectivity index (χ0n) is 13.6. The van der Waals surface area contributed by atoms with Crippen LogP contribution in [0.25, 0.3) is 27.9 Å². The van der Waals surface area contributed by atoms with Crippen molar-refractivity contribution in [3.63, 3.8) is 0 Å². The number of sulfone groups is 1. The molecule has 0 N–H and O–H groups in total. The van der Waals surface area contributed by atoms with Crippen LogP contribution in [0.2, 0.25) is 5.02 Å². The molecule has 26 heavy (non-hydrogen) atoms. The molecule has 4 rings (SSSR count). The number of halogens is 1. The maximum absolute atomic E-state index is 13.0. The summed E-state index contributed by atoms with van der Waals surface area (Å²) in [5.74, 6) is -0.290. The van der Waals surface area contributed by atoms with E-state index >= 15 is 0 Å². The number of para-hydroxylation sites is 1. The lowest BCUT2D eigenvalue weighted by Gasteiger charge is -2.07. The van der Waals surface area contributed by atoms with Crippen molar-refractivity contribution in [3.8, 4) is 16.9 Å². The molecule has 2 aromatic rings. The minimum absolute atomic E-state index is 0.0893. The van der Waals surface area contributed by atoms with Crippen LogP contribution in [0, 0.1) is 0 Å². The van der Waals surface area contributed by atoms with Gasteiger partial charge in [0.15, 0.2) is 9.84 Å². The largest absolute Gasteiger partial charge is 0.459 e. The molecule has 132 valence electrons. The summed E-state index contributed by atoms with van der Waals surface area (Å²) in [4.78, 5) is 13.0. The van der Waals surface area contributed by atoms with Gasteiger partial charge in [-0.1, -0.05) is 23.7 Å². The van der Waals surface area contributed by atoms with E-state index in [2.05, 4.69) is 5.10 Å². The molecule has 2 aliphatic heterocycles. The molecular formula is C18H13ClN2O4S. The smallest absolute Gasteiger partial charge is 0.284 e. The van der Waals surface area contributed by atoms with Crippen LogP contribution >= 0.6 is 11.6 Å². The first kappa shape index (κ1) is 16.8. The van der Waals surface area contributed by atoms with Gasteiger partial charge in [-0.05, 0) is 36.4 Å². The molecule has 0 amide bonds. The number of benzene rings is 2. The molecule has 0 unspecified atom stereocenters. The van der Waals surface area contributed by atoms with Gasteiger partial charge in [-0.3, -0.25) is 4.79 Å². The van der Waals surface area contributed by atoms with Crippen molar-refractivity contribution >= 4 is 32.4 Å². The van der Waals surface area contributed by atoms with Crippen LogP contribution in [0.4, 0.5) is 0 Å². The van der Waals surface area contributed by atoms with Gasteiger partial charge in [0.2, 0.25) is 0 Å². The molecule has 0 fully saturated rings. The second-order valence-corrected chi connectivity index (χ2v) is 8.59. The molecule has 2 heterocycles. The molecule has 0 aromatic heterocycles. The molecule has 0 spiro atoms. The number of fused-ring (bicyclic) bond motifs is 3. The minimum Gasteiger partial charge on any atom is -0.459 e. The second-order valence-electron chi connectivity index (χ2n) is 6.01. The number of rotatable bonds is 3. The summed E-state index contributed by atoms with van der Waals surface area (Å²) in [6.45, 7) is 0. The topological polar surface area (TPSA) is 82.2 Å². The summed E-state index contributed by atoms with van der Waals surface area (Å²) in [6, 6.07) is 13.7. The fourth-order valence-electron chi connectivity index (χ4n) is 2.87. The molecule has 0 saturated carbocycles. The summed E-state index contributed by atoms with van der Waals surface area (Å²) >= 11 is 5.90. The molecule has 0 radical (unpaired) electrons. The summed E-state index contributed by atoms with van der Waals surface area (Å²) in [7, 11) is -3.40. The van der Waals surface area contributed by atoms with Gasteiger partial charge >= 0.3 is 0 Å². The Hall–Kier alpha value is -2.64. The van der Waals surface area contributed by atoms with Gasteiger partial charge in [-0.2, -0.15) is 9.78 Å². The van der Waals surface area contributed by atoms with Gasteiger partial charge in [0.05, 0.1) is 5.69 Å². The molecule has 2 aromatic carbocycles. The standard InChI is InChI=1S/C18H13ClN2O4S/c1-26(23,24)10-15-16-17(13-4-2-3-5-14(13)25-15)20-21(18(16)22)12-8-6-11(19)7-9-12/h2-9H,10H2,1H3. The molecule has 0 atom stereocenters. The Morgan fingerprint density at radius 2 is 1.81 bits per heavy atom. The lowest BCUT2D eigenvalue weighted by atomic mass is 10.1. The van der Waals surface area contributed by atoms with Crippen LogP contribution in [0.1, 0.15) is 5.76 Å². The van der Waals surface area contributed by atoms with E-state index in [-0.39, 0.29) is 17.1 Å². The molecule has 8 heteroatoms. The van der Waals surface area contributed by atoms with Crippen molar-refractivity contribution < 1.29 is 12.8 Å². The van der Waals surface area contributed by atoms with E-state index in [9.17, 15) is 13.2 Å². The third-order valence-corrected chi connectivity index (χ3v) is 5.00. The van der Waals surface area contributed by atoms with Crippen LogP contribution in [-0.4, -0.2) is 24.5 Å². The zero-order chi connectivity index (χ0) is 18.5. The molecule has 0 bridgehead atoms. The van der Waals surface area contributed by atoms with Crippen molar-refractivity contribution in [3.05, 3.63) is 69.7 Å². The van der Waals surface area contributed by atoms with E-state index in [1.807, 2.05) is 0 Å². The Morgan fingerprint density at radius 3 is 2.50 bits per heavy atom. The van der Waals surface area contributed by atoms with Crippen LogP contribution in [0.15, 0.2) is 57.7 Å². The third kappa shape index (κ3) is 2.89. The van der Waals surface area contributed by atoms with E-state index in [0.717, 1.165) is 6.26 Å². The third-order valence-electron chi connectivity index (χ3n) is 3.96. The first-order valence-corrected chi connectivity index (χ1v) is 10.1. The van der Waals surface area contributed by atoms with Crippen molar-refractivity contribution in [2.45, 2.75) is 5.75 Å². The van der Waals surface area contributed by atoms with E-state index in [1.165, 1.54) is 4.68 Å². The molecule has 0 aliphatic carbocycles. The predicted octanol–water partition coefficient (Wildman–Crippen LogP) is 3.28. The first-order chi connectivity index (χ1) is 12.3. The highest BCUT2D eigenvalue weighted by Gasteiger charge is 2.26. The van der Waals surface area contributed by atoms with Crippen LogP contribution in [0.3, 0.4) is 0 Å². The zero-order valence-corrected chi connectivity index (χ0v) is 15.2. The minimum atomic E-state index is -3.40. The average Bonchev–Trinajstić information content (AvgIpc) is 2.93. The first-order valence-electron chi connectivity index (χ1n) is 7.70. The number of hydrogen-bond donors (Lipinski definition) is 0. The lowest BCUT2D eigenvalue weighted by molar-refractivity contribution is 0.548. The van der Waals surface area contributed by atoms with E-state index in [4.69, 9.17) is 16.0 Å². The van der Waals surface area contributed by atoms with E-state index < -0.39 is 15.4 Å². The van der Waals surface area contributed by atoms with Crippen LogP contribution < -0.4 is 5.56 Å². The average molecular weight is 389 g/mol. The van der Waals surface area contributed by atoms with E-state index in [0.29, 0.717) is 27.4 Å². The Kier molecular flexibility index (Phi) is 3.86. The summed E-state index contributed by atoms with van der Waals surface area (Å²) in [5, 5.41) is 5.62. The molecule has 6 nitrogen and oxygen atoms in total. The van der Waals surface area contributed by atoms with Crippen LogP contribution in [0.5, 0.6) is 0 Å². The quantitative estimate of drug-likeness (QED) is 0.538. The van der Waals surface area contributed by atoms with Gasteiger partial charge in [0, 0.05) is 16.7 Å². The fraction of sp³-hybridized carbons (Fsp3) is 0.111. The van der Waals surface area contributed by atoms with Gasteiger partial charge in [-0.15, -0.1) is 0 Å². The number of nitrogens with zero attached hydrogens (tertiary/aromatic N) is 2. The normalized spacial score (nSPS) is 12.1. The maximum atomic E-state index is 13.0. The lowest BCUT2D eigenvalue weighted by Crippen LogP contribution is -2.16. The van der Waals surface area contributed by atoms with E-state index in [1.54, 1.807) is 48.5 Å². The highest BCUT2D eigenvalue weighted by molar-refractivity contribution is 7.89. The van der Waals surface area contributed by atoms with Crippen molar-refractivity contribution in [2.75, 3.05) is 6.26 Å². The predicted molar refractivity (Wildman–Crippen MR) is 99.8 cm³/mol. The fourth-order valence-corrected chi connectivity index (χ4v) is 3.68. The van der Waals surface area contributed by atoms with Crippen molar-refractivity contribution in [2.24, 2.45) is 0 Å². The molecule has 0 saturated heterocycles. The highest BCUT2D eigenvalue weighted by atomic mass is 35.5. The second kappa shape index (κ2) is 5.96. The Labute approximate surface area is 153 Å². The summed E-state index contributed by atoms with van der Waals surface area (Å²) in [5.41, 5.74) is 1.15. The van der Waals surface area contributed by atoms with Crippen LogP contribution in [-0.2, 0) is 15.6 Å². The van der Waals surface area contributed by atoms with Gasteiger partial charge < -0.3 is 4.42 Å². The maximum Gasteiger partial charge on any atom is 0.284 e. The Bertz CT molecular complexity index is 1260. The SMILES string of the molecule is CS(=O)(=O)Cc1oc2ccccc2c2nn(-c3ccc(Cl)cc3)c(=O)c1-2. The molecule has 2 aliphatic rings. The summed E-state index contributed by atoms with van der Waals surface area (Å²) in [6.07, 6.45) is 1.09. The number of hydrogen-bond acceptors (Lipinski definition) is 5. The monoisotopic (exact) mass is 388 g/mol. The van der Waals surface area contributed by atoms with Crippen molar-refractivity contribution in [1.82, 2.24) is 9.78 Å². The van der Waals surface area contributed by atoms with Gasteiger partial charge in [-0.25, -0.2) is 8.42 Å². The molecular weight excluding hydrogens is 376 g/mol. The van der Waals surface area contributed by atoms with Crippen molar-refractivity contribution in [1.29, 1.82) is 0 Å². The summed E-state index contributed by atoms with van der Waals surface area (Å²) < 4.78 is 30.6. The Balaban J connectivity index is 2.08. The van der Waals surface area contributed by atoms with Gasteiger partial charge in [0.25, 0.3) is 5.56 Å². The van der Waals surface area contributed by atoms with Gasteiger partial charge in [0.1, 0.15) is 28.4 Å². The Morgan fingerprint density at radius 1 is 1.12 bits per heavy atom. The highest BCUT2D eigenvalue weighted by Crippen LogP contribution is 2.32.